The highest BCUT2D eigenvalue weighted by Crippen LogP contribution is 2.10. The van der Waals surface area contributed by atoms with Gasteiger partial charge in [0.1, 0.15) is 17.2 Å². The second-order valence-electron chi connectivity index (χ2n) is 5.33. The summed E-state index contributed by atoms with van der Waals surface area (Å²) in [5, 5.41) is 5.39. The lowest BCUT2D eigenvalue weighted by Gasteiger charge is -2.07. The number of carbonyl (C=O) groups is 2. The van der Waals surface area contributed by atoms with Crippen LogP contribution in [0.1, 0.15) is 47.2 Å². The van der Waals surface area contributed by atoms with Crippen LogP contribution in [0, 0.1) is 5.82 Å². The number of nitrogens with zero attached hydrogens (tertiary/aromatic N) is 1. The van der Waals surface area contributed by atoms with Crippen LogP contribution in [0.5, 0.6) is 0 Å². The average molecular weight is 329 g/mol. The fraction of sp³-hybridized carbons (Fsp3) is 0.278. The van der Waals surface area contributed by atoms with E-state index in [1.165, 1.54) is 30.3 Å². The van der Waals surface area contributed by atoms with E-state index in [1.54, 1.807) is 12.1 Å². The number of anilines is 1. The Morgan fingerprint density at radius 1 is 1.00 bits per heavy atom. The van der Waals surface area contributed by atoms with Gasteiger partial charge in [-0.2, -0.15) is 0 Å². The Bertz CT molecular complexity index is 702. The number of halogens is 1. The lowest BCUT2D eigenvalue weighted by molar-refractivity contribution is 0.0948. The molecule has 0 aliphatic rings. The Balaban J connectivity index is 1.99. The molecule has 2 N–H and O–H groups in total. The largest absolute Gasteiger partial charge is 0.351 e. The van der Waals surface area contributed by atoms with Crippen molar-refractivity contribution >= 4 is 17.5 Å². The lowest BCUT2D eigenvalue weighted by Crippen LogP contribution is -2.26. The van der Waals surface area contributed by atoms with Gasteiger partial charge in [0.05, 0.1) is 0 Å². The van der Waals surface area contributed by atoms with E-state index in [-0.39, 0.29) is 23.1 Å². The number of unbranched alkanes of at least 4 members (excludes halogenated alkanes) is 2. The zero-order chi connectivity index (χ0) is 17.4. The minimum Gasteiger partial charge on any atom is -0.351 e. The van der Waals surface area contributed by atoms with Crippen molar-refractivity contribution in [3.63, 3.8) is 0 Å². The predicted octanol–water partition coefficient (Wildman–Crippen LogP) is 3.39. The fourth-order valence-electron chi connectivity index (χ4n) is 2.08. The quantitative estimate of drug-likeness (QED) is 0.765. The van der Waals surface area contributed by atoms with Crippen molar-refractivity contribution in [1.82, 2.24) is 10.3 Å². The third-order valence-electron chi connectivity index (χ3n) is 3.38. The Labute approximate surface area is 140 Å². The Morgan fingerprint density at radius 2 is 1.67 bits per heavy atom. The van der Waals surface area contributed by atoms with Crippen LogP contribution in [0.4, 0.5) is 10.1 Å². The SMILES string of the molecule is CCCCCNC(=O)c1cccc(C(=O)Nc2ccc(F)cc2)n1. The molecule has 1 aromatic carbocycles. The molecule has 0 saturated carbocycles. The van der Waals surface area contributed by atoms with E-state index >= 15 is 0 Å². The smallest absolute Gasteiger partial charge is 0.274 e. The van der Waals surface area contributed by atoms with E-state index in [0.29, 0.717) is 12.2 Å². The molecule has 0 bridgehead atoms. The van der Waals surface area contributed by atoms with Gasteiger partial charge in [0.15, 0.2) is 0 Å². The molecule has 0 atom stereocenters. The van der Waals surface area contributed by atoms with E-state index in [0.717, 1.165) is 19.3 Å². The Morgan fingerprint density at radius 3 is 2.33 bits per heavy atom. The number of carbonyl (C=O) groups excluding carboxylic acids is 2. The highest BCUT2D eigenvalue weighted by molar-refractivity contribution is 6.03. The van der Waals surface area contributed by atoms with E-state index in [9.17, 15) is 14.0 Å². The maximum atomic E-state index is 12.9. The number of rotatable bonds is 7. The number of aromatic nitrogens is 1. The van der Waals surface area contributed by atoms with Crippen molar-refractivity contribution < 1.29 is 14.0 Å². The molecule has 2 aromatic rings. The average Bonchev–Trinajstić information content (AvgIpc) is 2.60. The van der Waals surface area contributed by atoms with Crippen LogP contribution < -0.4 is 10.6 Å². The summed E-state index contributed by atoms with van der Waals surface area (Å²) in [6.07, 6.45) is 3.04. The summed E-state index contributed by atoms with van der Waals surface area (Å²) in [4.78, 5) is 28.3. The summed E-state index contributed by atoms with van der Waals surface area (Å²) in [5.74, 6) is -1.14. The first-order valence-corrected chi connectivity index (χ1v) is 7.92. The zero-order valence-corrected chi connectivity index (χ0v) is 13.5. The molecule has 0 unspecified atom stereocenters. The first-order chi connectivity index (χ1) is 11.6. The van der Waals surface area contributed by atoms with Crippen LogP contribution in [0.25, 0.3) is 0 Å². The van der Waals surface area contributed by atoms with Crippen LogP contribution in [0.2, 0.25) is 0 Å². The molecule has 0 aliphatic carbocycles. The lowest BCUT2D eigenvalue weighted by atomic mass is 10.2. The minimum absolute atomic E-state index is 0.125. The van der Waals surface area contributed by atoms with Gasteiger partial charge >= 0.3 is 0 Å². The summed E-state index contributed by atoms with van der Waals surface area (Å²) in [5.41, 5.74) is 0.774. The van der Waals surface area contributed by atoms with Gasteiger partial charge in [0.2, 0.25) is 0 Å². The van der Waals surface area contributed by atoms with Crippen molar-refractivity contribution in [1.29, 1.82) is 0 Å². The topological polar surface area (TPSA) is 71.1 Å². The second-order valence-corrected chi connectivity index (χ2v) is 5.33. The summed E-state index contributed by atoms with van der Waals surface area (Å²) >= 11 is 0. The van der Waals surface area contributed by atoms with Crippen LogP contribution in [-0.2, 0) is 0 Å². The van der Waals surface area contributed by atoms with Crippen molar-refractivity contribution in [2.24, 2.45) is 0 Å². The van der Waals surface area contributed by atoms with Crippen molar-refractivity contribution in [2.75, 3.05) is 11.9 Å². The molecule has 0 spiro atoms. The number of hydrogen-bond acceptors (Lipinski definition) is 3. The summed E-state index contributed by atoms with van der Waals surface area (Å²) in [6, 6.07) is 10.1. The Kier molecular flexibility index (Phi) is 6.42. The molecular weight excluding hydrogens is 309 g/mol. The highest BCUT2D eigenvalue weighted by Gasteiger charge is 2.12. The molecule has 6 heteroatoms. The standard InChI is InChI=1S/C18H20FN3O2/c1-2-3-4-12-20-17(23)15-6-5-7-16(22-15)18(24)21-14-10-8-13(19)9-11-14/h5-11H,2-4,12H2,1H3,(H,20,23)(H,21,24). The van der Waals surface area contributed by atoms with Crippen LogP contribution in [-0.4, -0.2) is 23.3 Å². The van der Waals surface area contributed by atoms with Gasteiger partial charge in [0, 0.05) is 12.2 Å². The van der Waals surface area contributed by atoms with Gasteiger partial charge in [-0.05, 0) is 42.8 Å². The molecule has 2 amide bonds. The van der Waals surface area contributed by atoms with Crippen molar-refractivity contribution in [2.45, 2.75) is 26.2 Å². The number of pyridine rings is 1. The highest BCUT2D eigenvalue weighted by atomic mass is 19.1. The summed E-state index contributed by atoms with van der Waals surface area (Å²) in [6.45, 7) is 2.67. The Hall–Kier alpha value is -2.76. The molecule has 1 aromatic heterocycles. The van der Waals surface area contributed by atoms with Gasteiger partial charge in [-0.1, -0.05) is 25.8 Å². The number of amides is 2. The number of benzene rings is 1. The first-order valence-electron chi connectivity index (χ1n) is 7.92. The van der Waals surface area contributed by atoms with Gasteiger partial charge in [-0.15, -0.1) is 0 Å². The molecule has 126 valence electrons. The molecule has 0 fully saturated rings. The first kappa shape index (κ1) is 17.6. The molecule has 5 nitrogen and oxygen atoms in total. The van der Waals surface area contributed by atoms with Gasteiger partial charge in [0.25, 0.3) is 11.8 Å². The van der Waals surface area contributed by atoms with Crippen LogP contribution in [0.15, 0.2) is 42.5 Å². The number of hydrogen-bond donors (Lipinski definition) is 2. The predicted molar refractivity (Wildman–Crippen MR) is 90.4 cm³/mol. The minimum atomic E-state index is -0.456. The molecule has 1 heterocycles. The summed E-state index contributed by atoms with van der Waals surface area (Å²) < 4.78 is 12.9. The zero-order valence-electron chi connectivity index (χ0n) is 13.5. The van der Waals surface area contributed by atoms with Crippen molar-refractivity contribution in [3.05, 3.63) is 59.7 Å². The van der Waals surface area contributed by atoms with E-state index in [1.807, 2.05) is 0 Å². The second kappa shape index (κ2) is 8.76. The maximum Gasteiger partial charge on any atom is 0.274 e. The monoisotopic (exact) mass is 329 g/mol. The van der Waals surface area contributed by atoms with Gasteiger partial charge in [-0.25, -0.2) is 9.37 Å². The molecule has 0 radical (unpaired) electrons. The summed E-state index contributed by atoms with van der Waals surface area (Å²) in [7, 11) is 0. The van der Waals surface area contributed by atoms with E-state index < -0.39 is 5.91 Å². The van der Waals surface area contributed by atoms with E-state index in [2.05, 4.69) is 22.5 Å². The third kappa shape index (κ3) is 5.15. The van der Waals surface area contributed by atoms with Crippen molar-refractivity contribution in [3.8, 4) is 0 Å². The molecule has 0 aliphatic heterocycles. The normalized spacial score (nSPS) is 10.2. The molecule has 24 heavy (non-hydrogen) atoms. The van der Waals surface area contributed by atoms with Crippen LogP contribution in [0.3, 0.4) is 0 Å². The third-order valence-corrected chi connectivity index (χ3v) is 3.38. The van der Waals surface area contributed by atoms with Crippen LogP contribution >= 0.6 is 0 Å². The number of nitrogens with one attached hydrogen (secondary N) is 2. The van der Waals surface area contributed by atoms with Gasteiger partial charge in [-0.3, -0.25) is 9.59 Å². The molecule has 2 rings (SSSR count). The molecular formula is C18H20FN3O2. The maximum absolute atomic E-state index is 12.9. The van der Waals surface area contributed by atoms with E-state index in [4.69, 9.17) is 0 Å². The van der Waals surface area contributed by atoms with Gasteiger partial charge < -0.3 is 10.6 Å². The molecule has 0 saturated heterocycles. The fourth-order valence-corrected chi connectivity index (χ4v) is 2.08.